The van der Waals surface area contributed by atoms with Crippen LogP contribution in [0.3, 0.4) is 0 Å². The fourth-order valence-corrected chi connectivity index (χ4v) is 4.51. The Labute approximate surface area is 224 Å². The van der Waals surface area contributed by atoms with Crippen LogP contribution in [0.2, 0.25) is 15.1 Å². The predicted molar refractivity (Wildman–Crippen MR) is 145 cm³/mol. The molecule has 184 valence electrons. The minimum atomic E-state index is -0.377. The fraction of sp³-hybridized carbons (Fsp3) is 0.148. The van der Waals surface area contributed by atoms with Crippen molar-refractivity contribution in [1.29, 1.82) is 0 Å². The number of nitrogens with zero attached hydrogens (tertiary/aromatic N) is 3. The Morgan fingerprint density at radius 1 is 0.917 bits per heavy atom. The monoisotopic (exact) mass is 540 g/mol. The highest BCUT2D eigenvalue weighted by molar-refractivity contribution is 6.35. The first-order chi connectivity index (χ1) is 17.4. The SMILES string of the molecule is CCCN(CC(=O)Nc1cc(-c2ccccc2)nn1-c1ccccc1Cl)C(=O)c1cc(Cl)cc(Cl)c1. The van der Waals surface area contributed by atoms with Crippen LogP contribution in [0.4, 0.5) is 5.82 Å². The average molecular weight is 542 g/mol. The van der Waals surface area contributed by atoms with Crippen molar-refractivity contribution >= 4 is 52.4 Å². The van der Waals surface area contributed by atoms with Gasteiger partial charge in [0, 0.05) is 33.8 Å². The maximum Gasteiger partial charge on any atom is 0.254 e. The van der Waals surface area contributed by atoms with Gasteiger partial charge in [-0.1, -0.05) is 84.2 Å². The molecule has 36 heavy (non-hydrogen) atoms. The molecule has 0 bridgehead atoms. The molecule has 0 saturated carbocycles. The highest BCUT2D eigenvalue weighted by Crippen LogP contribution is 2.28. The van der Waals surface area contributed by atoms with Gasteiger partial charge in [-0.15, -0.1) is 0 Å². The molecule has 1 heterocycles. The van der Waals surface area contributed by atoms with Gasteiger partial charge in [-0.25, -0.2) is 4.68 Å². The highest BCUT2D eigenvalue weighted by atomic mass is 35.5. The number of para-hydroxylation sites is 1. The third-order valence-electron chi connectivity index (χ3n) is 5.35. The second kappa shape index (κ2) is 11.6. The minimum Gasteiger partial charge on any atom is -0.329 e. The number of anilines is 1. The van der Waals surface area contributed by atoms with Gasteiger partial charge in [0.25, 0.3) is 5.91 Å². The molecule has 0 aliphatic carbocycles. The molecule has 4 rings (SSSR count). The molecular weight excluding hydrogens is 519 g/mol. The molecule has 4 aromatic rings. The summed E-state index contributed by atoms with van der Waals surface area (Å²) in [5.41, 5.74) is 2.49. The van der Waals surface area contributed by atoms with Crippen molar-refractivity contribution in [2.24, 2.45) is 0 Å². The van der Waals surface area contributed by atoms with E-state index >= 15 is 0 Å². The first-order valence-corrected chi connectivity index (χ1v) is 12.4. The molecule has 0 aliphatic rings. The number of amides is 2. The van der Waals surface area contributed by atoms with E-state index in [4.69, 9.17) is 34.8 Å². The van der Waals surface area contributed by atoms with E-state index in [0.717, 1.165) is 5.56 Å². The normalized spacial score (nSPS) is 10.8. The van der Waals surface area contributed by atoms with Crippen molar-refractivity contribution in [3.63, 3.8) is 0 Å². The van der Waals surface area contributed by atoms with Gasteiger partial charge in [0.2, 0.25) is 5.91 Å². The predicted octanol–water partition coefficient (Wildman–Crippen LogP) is 6.99. The van der Waals surface area contributed by atoms with E-state index in [-0.39, 0.29) is 18.4 Å². The summed E-state index contributed by atoms with van der Waals surface area (Å²) < 4.78 is 1.59. The van der Waals surface area contributed by atoms with E-state index in [1.807, 2.05) is 55.5 Å². The molecule has 0 unspecified atom stereocenters. The molecule has 1 N–H and O–H groups in total. The van der Waals surface area contributed by atoms with E-state index in [0.29, 0.717) is 50.8 Å². The lowest BCUT2D eigenvalue weighted by molar-refractivity contribution is -0.116. The van der Waals surface area contributed by atoms with Crippen LogP contribution in [-0.2, 0) is 4.79 Å². The second-order valence-corrected chi connectivity index (χ2v) is 9.36. The molecule has 9 heteroatoms. The van der Waals surface area contributed by atoms with Crippen molar-refractivity contribution in [2.75, 3.05) is 18.4 Å². The summed E-state index contributed by atoms with van der Waals surface area (Å²) in [6, 6.07) is 23.3. The first-order valence-electron chi connectivity index (χ1n) is 11.3. The highest BCUT2D eigenvalue weighted by Gasteiger charge is 2.21. The van der Waals surface area contributed by atoms with Gasteiger partial charge in [0.05, 0.1) is 16.4 Å². The zero-order valence-electron chi connectivity index (χ0n) is 19.4. The largest absolute Gasteiger partial charge is 0.329 e. The van der Waals surface area contributed by atoms with Crippen LogP contribution in [0.5, 0.6) is 0 Å². The van der Waals surface area contributed by atoms with Crippen molar-refractivity contribution in [1.82, 2.24) is 14.7 Å². The van der Waals surface area contributed by atoms with Crippen molar-refractivity contribution in [3.05, 3.63) is 99.5 Å². The summed E-state index contributed by atoms with van der Waals surface area (Å²) in [4.78, 5) is 27.8. The Morgan fingerprint density at radius 3 is 2.25 bits per heavy atom. The number of carbonyl (C=O) groups is 2. The molecule has 0 fully saturated rings. The van der Waals surface area contributed by atoms with Gasteiger partial charge in [0.1, 0.15) is 12.4 Å². The van der Waals surface area contributed by atoms with Crippen molar-refractivity contribution < 1.29 is 9.59 Å². The van der Waals surface area contributed by atoms with Crippen LogP contribution in [-0.4, -0.2) is 39.6 Å². The van der Waals surface area contributed by atoms with Crippen LogP contribution in [0.1, 0.15) is 23.7 Å². The lowest BCUT2D eigenvalue weighted by atomic mass is 10.1. The number of rotatable bonds is 8. The summed E-state index contributed by atoms with van der Waals surface area (Å²) in [5, 5.41) is 8.78. The van der Waals surface area contributed by atoms with Gasteiger partial charge >= 0.3 is 0 Å². The van der Waals surface area contributed by atoms with Crippen LogP contribution < -0.4 is 5.32 Å². The van der Waals surface area contributed by atoms with Gasteiger partial charge < -0.3 is 10.2 Å². The molecule has 0 aliphatic heterocycles. The van der Waals surface area contributed by atoms with Crippen LogP contribution in [0, 0.1) is 0 Å². The number of hydrogen-bond donors (Lipinski definition) is 1. The quantitative estimate of drug-likeness (QED) is 0.261. The van der Waals surface area contributed by atoms with E-state index < -0.39 is 0 Å². The minimum absolute atomic E-state index is 0.162. The molecule has 1 aromatic heterocycles. The zero-order chi connectivity index (χ0) is 25.7. The maximum absolute atomic E-state index is 13.2. The summed E-state index contributed by atoms with van der Waals surface area (Å²) in [5.74, 6) is -0.277. The molecule has 0 radical (unpaired) electrons. The maximum atomic E-state index is 13.2. The third kappa shape index (κ3) is 6.08. The van der Waals surface area contributed by atoms with Gasteiger partial charge in [0.15, 0.2) is 0 Å². The van der Waals surface area contributed by atoms with Crippen molar-refractivity contribution in [2.45, 2.75) is 13.3 Å². The number of carbonyl (C=O) groups excluding carboxylic acids is 2. The fourth-order valence-electron chi connectivity index (χ4n) is 3.77. The van der Waals surface area contributed by atoms with Crippen LogP contribution in [0.25, 0.3) is 16.9 Å². The molecule has 0 saturated heterocycles. The Kier molecular flexibility index (Phi) is 8.31. The van der Waals surface area contributed by atoms with Gasteiger partial charge in [-0.2, -0.15) is 5.10 Å². The third-order valence-corrected chi connectivity index (χ3v) is 6.11. The van der Waals surface area contributed by atoms with Crippen molar-refractivity contribution in [3.8, 4) is 16.9 Å². The Bertz CT molecular complexity index is 1370. The Morgan fingerprint density at radius 2 is 1.58 bits per heavy atom. The van der Waals surface area contributed by atoms with E-state index in [1.54, 1.807) is 22.9 Å². The van der Waals surface area contributed by atoms with E-state index in [2.05, 4.69) is 10.4 Å². The number of nitrogens with one attached hydrogen (secondary N) is 1. The molecular formula is C27H23Cl3N4O2. The standard InChI is InChI=1S/C27H23Cl3N4O2/c1-2-12-33(27(36)19-13-20(28)15-21(29)14-19)17-26(35)31-25-16-23(18-8-4-3-5-9-18)32-34(25)24-11-7-6-10-22(24)30/h3-11,13-16H,2,12,17H2,1H3,(H,31,35). The smallest absolute Gasteiger partial charge is 0.254 e. The van der Waals surface area contributed by atoms with Gasteiger partial charge in [-0.05, 0) is 36.8 Å². The molecule has 3 aromatic carbocycles. The first kappa shape index (κ1) is 25.8. The number of halogens is 3. The Balaban J connectivity index is 1.62. The molecule has 0 atom stereocenters. The van der Waals surface area contributed by atoms with Crippen LogP contribution >= 0.6 is 34.8 Å². The number of hydrogen-bond acceptors (Lipinski definition) is 3. The number of aromatic nitrogens is 2. The summed E-state index contributed by atoms with van der Waals surface area (Å²) in [6.45, 7) is 2.16. The summed E-state index contributed by atoms with van der Waals surface area (Å²) in [7, 11) is 0. The van der Waals surface area contributed by atoms with Crippen LogP contribution in [0.15, 0.2) is 78.9 Å². The molecule has 6 nitrogen and oxygen atoms in total. The summed E-state index contributed by atoms with van der Waals surface area (Å²) >= 11 is 18.6. The van der Waals surface area contributed by atoms with Gasteiger partial charge in [-0.3, -0.25) is 9.59 Å². The van der Waals surface area contributed by atoms with E-state index in [1.165, 1.54) is 17.0 Å². The summed E-state index contributed by atoms with van der Waals surface area (Å²) in [6.07, 6.45) is 0.670. The number of benzene rings is 3. The zero-order valence-corrected chi connectivity index (χ0v) is 21.7. The molecule has 0 spiro atoms. The lowest BCUT2D eigenvalue weighted by Crippen LogP contribution is -2.38. The average Bonchev–Trinajstić information content (AvgIpc) is 3.27. The van der Waals surface area contributed by atoms with E-state index in [9.17, 15) is 9.59 Å². The molecule has 2 amide bonds. The lowest BCUT2D eigenvalue weighted by Gasteiger charge is -2.22. The second-order valence-electron chi connectivity index (χ2n) is 8.08. The topological polar surface area (TPSA) is 67.2 Å². The Hall–Kier alpha value is -3.32.